The summed E-state index contributed by atoms with van der Waals surface area (Å²) in [5, 5.41) is 7.95. The van der Waals surface area contributed by atoms with Crippen molar-refractivity contribution < 1.29 is 32.2 Å². The minimum atomic E-state index is -3.34. The molecule has 0 aliphatic carbocycles. The van der Waals surface area contributed by atoms with Crippen molar-refractivity contribution in [3.05, 3.63) is 120 Å². The lowest BCUT2D eigenvalue weighted by atomic mass is 9.98. The van der Waals surface area contributed by atoms with Gasteiger partial charge in [0, 0.05) is 42.3 Å². The summed E-state index contributed by atoms with van der Waals surface area (Å²) in [6.07, 6.45) is 4.12. The molecule has 270 valence electrons. The number of esters is 1. The van der Waals surface area contributed by atoms with Gasteiger partial charge in [0.15, 0.2) is 9.84 Å². The number of carbonyl (C=O) groups excluding carboxylic acids is 1. The first-order valence-corrected chi connectivity index (χ1v) is 19.1. The molecular weight excluding hydrogens is 679 g/mol. The number of carbonyl (C=O) groups is 1. The molecule has 2 aromatic heterocycles. The van der Waals surface area contributed by atoms with Crippen molar-refractivity contribution in [3.8, 4) is 22.6 Å². The first-order chi connectivity index (χ1) is 25.1. The molecular formula is C41H43N3O7S. The maximum Gasteiger partial charge on any atom is 0.355 e. The van der Waals surface area contributed by atoms with Gasteiger partial charge in [0.1, 0.15) is 29.5 Å². The minimum absolute atomic E-state index is 0.104. The van der Waals surface area contributed by atoms with Crippen LogP contribution in [0.15, 0.2) is 102 Å². The molecule has 10 nitrogen and oxygen atoms in total. The quantitative estimate of drug-likeness (QED) is 0.0571. The summed E-state index contributed by atoms with van der Waals surface area (Å²) in [6.45, 7) is 7.02. The predicted octanol–water partition coefficient (Wildman–Crippen LogP) is 7.61. The van der Waals surface area contributed by atoms with Gasteiger partial charge in [0.25, 0.3) is 0 Å². The Labute approximate surface area is 304 Å². The normalized spacial score (nSPS) is 11.6. The van der Waals surface area contributed by atoms with Crippen molar-refractivity contribution in [2.75, 3.05) is 26.1 Å². The predicted molar refractivity (Wildman–Crippen MR) is 203 cm³/mol. The Hall–Kier alpha value is -5.39. The molecule has 4 aromatic carbocycles. The number of hydrogen-bond donors (Lipinski definition) is 0. The number of ether oxygens (including phenoxy) is 4. The molecule has 0 atom stereocenters. The fourth-order valence-electron chi connectivity index (χ4n) is 6.63. The van der Waals surface area contributed by atoms with Gasteiger partial charge in [-0.1, -0.05) is 60.7 Å². The van der Waals surface area contributed by atoms with E-state index in [1.165, 1.54) is 18.4 Å². The number of fused-ring (bicyclic) bond motifs is 2. The highest BCUT2D eigenvalue weighted by molar-refractivity contribution is 7.90. The summed E-state index contributed by atoms with van der Waals surface area (Å²) < 4.78 is 51.6. The maximum atomic E-state index is 13.6. The molecule has 0 saturated heterocycles. The minimum Gasteiger partial charge on any atom is -0.493 e. The molecule has 0 bridgehead atoms. The first-order valence-electron chi connectivity index (χ1n) is 17.2. The van der Waals surface area contributed by atoms with Crippen molar-refractivity contribution in [1.29, 1.82) is 0 Å². The van der Waals surface area contributed by atoms with Gasteiger partial charge in [-0.25, -0.2) is 13.2 Å². The third-order valence-corrected chi connectivity index (χ3v) is 10.1. The molecule has 0 unspecified atom stereocenters. The van der Waals surface area contributed by atoms with Gasteiger partial charge >= 0.3 is 5.97 Å². The summed E-state index contributed by atoms with van der Waals surface area (Å²) in [5.41, 5.74) is 5.40. The van der Waals surface area contributed by atoms with E-state index in [2.05, 4.69) is 24.8 Å². The van der Waals surface area contributed by atoms with Crippen LogP contribution in [0.2, 0.25) is 0 Å². The largest absolute Gasteiger partial charge is 0.493 e. The average Bonchev–Trinajstić information content (AvgIpc) is 3.61. The number of nitrogens with zero attached hydrogens (tertiary/aromatic N) is 3. The summed E-state index contributed by atoms with van der Waals surface area (Å²) >= 11 is 0. The fraction of sp³-hybridized carbons (Fsp3) is 0.268. The van der Waals surface area contributed by atoms with Crippen LogP contribution in [0.5, 0.6) is 11.5 Å². The summed E-state index contributed by atoms with van der Waals surface area (Å²) in [6, 6.07) is 26.5. The highest BCUT2D eigenvalue weighted by Crippen LogP contribution is 2.38. The number of aromatic nitrogens is 3. The maximum absolute atomic E-state index is 13.6. The SMILES string of the molecule is C=CCOCc1c(-c2cccc3c(CCCOc4cccc5ccccc45)c(C(=O)OCC)n(C)c23)c(COc2ccc(S(C)(=O)=O)cc2)nn1C. The van der Waals surface area contributed by atoms with E-state index >= 15 is 0 Å². The molecule has 6 rings (SSSR count). The number of benzene rings is 4. The smallest absolute Gasteiger partial charge is 0.355 e. The van der Waals surface area contributed by atoms with Gasteiger partial charge < -0.3 is 23.5 Å². The van der Waals surface area contributed by atoms with Gasteiger partial charge in [0.2, 0.25) is 0 Å². The van der Waals surface area contributed by atoms with Crippen LogP contribution in [-0.4, -0.2) is 54.8 Å². The Morgan fingerprint density at radius 2 is 1.63 bits per heavy atom. The molecule has 0 amide bonds. The van der Waals surface area contributed by atoms with Crippen LogP contribution in [0.1, 0.15) is 40.8 Å². The number of para-hydroxylation sites is 1. The third kappa shape index (κ3) is 7.61. The standard InChI is InChI=1S/C41H43N3O7S/c1-6-24-48-27-36-38(35(42-44(36)4)26-51-29-20-22-30(23-21-29)52(5,46)47)34-17-11-16-32-33(40(41(45)49-7-2)43(3)39(32)34)18-12-25-50-37-19-10-14-28-13-8-9-15-31(28)37/h6,8-11,13-17,19-23H,1,7,12,18,24-27H2,2-5H3. The lowest BCUT2D eigenvalue weighted by Gasteiger charge is -2.12. The lowest BCUT2D eigenvalue weighted by Crippen LogP contribution is -2.13. The number of aryl methyl sites for hydroxylation is 3. The van der Waals surface area contributed by atoms with Gasteiger partial charge in [-0.05, 0) is 61.0 Å². The van der Waals surface area contributed by atoms with Crippen LogP contribution in [-0.2, 0) is 53.0 Å². The van der Waals surface area contributed by atoms with Crippen molar-refractivity contribution >= 4 is 37.5 Å². The van der Waals surface area contributed by atoms with E-state index in [1.807, 2.05) is 61.1 Å². The van der Waals surface area contributed by atoms with E-state index in [0.717, 1.165) is 49.8 Å². The molecule has 0 saturated carbocycles. The topological polar surface area (TPSA) is 111 Å². The number of rotatable bonds is 16. The van der Waals surface area contributed by atoms with Crippen LogP contribution in [0, 0.1) is 0 Å². The van der Waals surface area contributed by atoms with Crippen molar-refractivity contribution in [2.24, 2.45) is 14.1 Å². The second-order valence-electron chi connectivity index (χ2n) is 12.5. The molecule has 6 aromatic rings. The van der Waals surface area contributed by atoms with Crippen LogP contribution in [0.3, 0.4) is 0 Å². The van der Waals surface area contributed by atoms with Gasteiger partial charge in [-0.2, -0.15) is 5.10 Å². The zero-order valence-corrected chi connectivity index (χ0v) is 30.7. The Balaban J connectivity index is 1.37. The second kappa shape index (κ2) is 15.9. The third-order valence-electron chi connectivity index (χ3n) is 8.97. The van der Waals surface area contributed by atoms with E-state index in [1.54, 1.807) is 29.8 Å². The van der Waals surface area contributed by atoms with Gasteiger partial charge in [-0.15, -0.1) is 6.58 Å². The molecule has 11 heteroatoms. The average molecular weight is 722 g/mol. The van der Waals surface area contributed by atoms with Crippen molar-refractivity contribution in [3.63, 3.8) is 0 Å². The second-order valence-corrected chi connectivity index (χ2v) is 14.5. The zero-order chi connectivity index (χ0) is 36.8. The van der Waals surface area contributed by atoms with E-state index in [9.17, 15) is 13.2 Å². The van der Waals surface area contributed by atoms with E-state index in [-0.39, 0.29) is 30.7 Å². The highest BCUT2D eigenvalue weighted by Gasteiger charge is 2.27. The summed E-state index contributed by atoms with van der Waals surface area (Å²) in [4.78, 5) is 13.8. The van der Waals surface area contributed by atoms with Crippen molar-refractivity contribution in [2.45, 2.75) is 37.9 Å². The molecule has 0 radical (unpaired) electrons. The van der Waals surface area contributed by atoms with E-state index < -0.39 is 9.84 Å². The Bertz CT molecular complexity index is 2340. The van der Waals surface area contributed by atoms with Crippen LogP contribution in [0.4, 0.5) is 0 Å². The Morgan fingerprint density at radius 3 is 2.38 bits per heavy atom. The zero-order valence-electron chi connectivity index (χ0n) is 29.9. The van der Waals surface area contributed by atoms with Crippen molar-refractivity contribution in [1.82, 2.24) is 14.3 Å². The fourth-order valence-corrected chi connectivity index (χ4v) is 7.26. The number of sulfone groups is 1. The molecule has 52 heavy (non-hydrogen) atoms. The molecule has 0 fully saturated rings. The Kier molecular flexibility index (Phi) is 11.1. The Morgan fingerprint density at radius 1 is 0.904 bits per heavy atom. The van der Waals surface area contributed by atoms with E-state index in [0.29, 0.717) is 43.2 Å². The summed E-state index contributed by atoms with van der Waals surface area (Å²) in [5.74, 6) is 0.940. The van der Waals surface area contributed by atoms with Crippen LogP contribution >= 0.6 is 0 Å². The monoisotopic (exact) mass is 721 g/mol. The lowest BCUT2D eigenvalue weighted by molar-refractivity contribution is 0.0514. The summed E-state index contributed by atoms with van der Waals surface area (Å²) in [7, 11) is 0.403. The molecule has 0 aliphatic rings. The van der Waals surface area contributed by atoms with Gasteiger partial charge in [0.05, 0.1) is 42.5 Å². The van der Waals surface area contributed by atoms with E-state index in [4.69, 9.17) is 24.0 Å². The number of hydrogen-bond acceptors (Lipinski definition) is 8. The molecule has 0 spiro atoms. The first kappa shape index (κ1) is 36.4. The van der Waals surface area contributed by atoms with Crippen LogP contribution < -0.4 is 9.47 Å². The van der Waals surface area contributed by atoms with Crippen LogP contribution in [0.25, 0.3) is 32.8 Å². The molecule has 0 N–H and O–H groups in total. The van der Waals surface area contributed by atoms with Gasteiger partial charge in [-0.3, -0.25) is 4.68 Å². The molecule has 0 aliphatic heterocycles. The molecule has 2 heterocycles. The highest BCUT2D eigenvalue weighted by atomic mass is 32.2.